The summed E-state index contributed by atoms with van der Waals surface area (Å²) in [7, 11) is 0. The zero-order valence-corrected chi connectivity index (χ0v) is 17.2. The number of hydrogen-bond acceptors (Lipinski definition) is 3. The van der Waals surface area contributed by atoms with Crippen LogP contribution < -0.4 is 0 Å². The summed E-state index contributed by atoms with van der Waals surface area (Å²) in [6.45, 7) is 6.61. The number of rotatable bonds is 14. The average molecular weight is 377 g/mol. The van der Waals surface area contributed by atoms with Gasteiger partial charge in [0.2, 0.25) is 0 Å². The summed E-state index contributed by atoms with van der Waals surface area (Å²) in [4.78, 5) is 23.7. The Balaban J connectivity index is 2.39. The highest BCUT2D eigenvalue weighted by Gasteiger charge is 2.20. The van der Waals surface area contributed by atoms with Crippen molar-refractivity contribution in [3.63, 3.8) is 0 Å². The molecule has 0 heterocycles. The maximum Gasteiger partial charge on any atom is 0.339 e. The van der Waals surface area contributed by atoms with E-state index in [1.54, 1.807) is 12.1 Å². The molecule has 0 amide bonds. The van der Waals surface area contributed by atoms with Crippen LogP contribution in [-0.4, -0.2) is 23.1 Å². The summed E-state index contributed by atoms with van der Waals surface area (Å²) in [6.07, 6.45) is 11.1. The Morgan fingerprint density at radius 2 is 1.44 bits per heavy atom. The van der Waals surface area contributed by atoms with Crippen molar-refractivity contribution in [2.75, 3.05) is 0 Å². The largest absolute Gasteiger partial charge is 0.478 e. The van der Waals surface area contributed by atoms with Gasteiger partial charge in [-0.2, -0.15) is 0 Å². The van der Waals surface area contributed by atoms with Crippen LogP contribution in [0.1, 0.15) is 106 Å². The first kappa shape index (κ1) is 23.2. The van der Waals surface area contributed by atoms with E-state index in [9.17, 15) is 14.7 Å². The van der Waals surface area contributed by atoms with E-state index in [0.717, 1.165) is 38.0 Å². The molecule has 0 aromatic heterocycles. The molecule has 1 rings (SSSR count). The monoisotopic (exact) mass is 376 g/mol. The Labute approximate surface area is 164 Å². The first-order valence-electron chi connectivity index (χ1n) is 10.5. The van der Waals surface area contributed by atoms with E-state index in [4.69, 9.17) is 4.74 Å². The van der Waals surface area contributed by atoms with Gasteiger partial charge in [-0.3, -0.25) is 0 Å². The second-order valence-electron chi connectivity index (χ2n) is 7.76. The van der Waals surface area contributed by atoms with Crippen molar-refractivity contribution in [1.29, 1.82) is 0 Å². The van der Waals surface area contributed by atoms with Crippen LogP contribution >= 0.6 is 0 Å². The van der Waals surface area contributed by atoms with Gasteiger partial charge < -0.3 is 9.84 Å². The van der Waals surface area contributed by atoms with Gasteiger partial charge in [-0.15, -0.1) is 0 Å². The van der Waals surface area contributed by atoms with Crippen molar-refractivity contribution in [3.8, 4) is 0 Å². The zero-order chi connectivity index (χ0) is 20.1. The first-order chi connectivity index (χ1) is 13.0. The molecule has 0 spiro atoms. The van der Waals surface area contributed by atoms with Crippen LogP contribution in [0.4, 0.5) is 0 Å². The third-order valence-electron chi connectivity index (χ3n) is 4.82. The topological polar surface area (TPSA) is 63.6 Å². The Bertz CT molecular complexity index is 565. The Morgan fingerprint density at radius 3 is 2.00 bits per heavy atom. The van der Waals surface area contributed by atoms with Crippen molar-refractivity contribution >= 4 is 11.9 Å². The number of carbonyl (C=O) groups is 2. The van der Waals surface area contributed by atoms with E-state index in [1.165, 1.54) is 44.2 Å². The fourth-order valence-corrected chi connectivity index (χ4v) is 3.28. The molecule has 0 fully saturated rings. The highest BCUT2D eigenvalue weighted by Crippen LogP contribution is 2.18. The normalized spacial score (nSPS) is 12.1. The maximum atomic E-state index is 12.4. The van der Waals surface area contributed by atoms with Gasteiger partial charge in [-0.05, 0) is 37.3 Å². The van der Waals surface area contributed by atoms with Crippen LogP contribution in [0.5, 0.6) is 0 Å². The summed E-state index contributed by atoms with van der Waals surface area (Å²) < 4.78 is 5.64. The predicted molar refractivity (Wildman–Crippen MR) is 109 cm³/mol. The van der Waals surface area contributed by atoms with Crippen LogP contribution in [0.2, 0.25) is 0 Å². The minimum Gasteiger partial charge on any atom is -0.478 e. The van der Waals surface area contributed by atoms with Crippen molar-refractivity contribution in [2.24, 2.45) is 5.92 Å². The van der Waals surface area contributed by atoms with Crippen molar-refractivity contribution in [1.82, 2.24) is 0 Å². The van der Waals surface area contributed by atoms with Crippen molar-refractivity contribution in [2.45, 2.75) is 91.1 Å². The highest BCUT2D eigenvalue weighted by molar-refractivity contribution is 6.02. The highest BCUT2D eigenvalue weighted by atomic mass is 16.5. The second kappa shape index (κ2) is 13.3. The summed E-state index contributed by atoms with van der Waals surface area (Å²) in [5.74, 6) is -0.840. The smallest absolute Gasteiger partial charge is 0.339 e. The number of unbranched alkanes of at least 4 members (excludes halogenated alkanes) is 5. The number of benzene rings is 1. The minimum atomic E-state index is -1.10. The van der Waals surface area contributed by atoms with E-state index >= 15 is 0 Å². The number of hydrogen-bond donors (Lipinski definition) is 1. The molecule has 4 nitrogen and oxygen atoms in total. The van der Waals surface area contributed by atoms with Gasteiger partial charge in [-0.1, -0.05) is 77.8 Å². The summed E-state index contributed by atoms with van der Waals surface area (Å²) >= 11 is 0. The summed E-state index contributed by atoms with van der Waals surface area (Å²) in [6, 6.07) is 6.24. The maximum absolute atomic E-state index is 12.4. The Morgan fingerprint density at radius 1 is 0.889 bits per heavy atom. The first-order valence-corrected chi connectivity index (χ1v) is 10.5. The molecule has 0 saturated heterocycles. The lowest BCUT2D eigenvalue weighted by Gasteiger charge is -2.18. The summed E-state index contributed by atoms with van der Waals surface area (Å²) in [5, 5.41) is 9.24. The Hall–Kier alpha value is -1.84. The molecule has 0 aliphatic heterocycles. The molecule has 0 bridgehead atoms. The molecule has 27 heavy (non-hydrogen) atoms. The molecule has 0 saturated carbocycles. The molecule has 0 aliphatic carbocycles. The second-order valence-corrected chi connectivity index (χ2v) is 7.76. The van der Waals surface area contributed by atoms with E-state index in [2.05, 4.69) is 20.8 Å². The standard InChI is InChI=1S/C23H36O4/c1-4-13-19(15-10-8-6-5-7-9-14-18(2)3)27-23(26)21-17-12-11-16-20(21)22(24)25/h11-12,16-19H,4-10,13-15H2,1-3H3,(H,24,25). The molecule has 152 valence electrons. The summed E-state index contributed by atoms with van der Waals surface area (Å²) in [5.41, 5.74) is 0.135. The van der Waals surface area contributed by atoms with Crippen LogP contribution in [0.15, 0.2) is 24.3 Å². The lowest BCUT2D eigenvalue weighted by Crippen LogP contribution is -2.20. The number of aromatic carboxylic acids is 1. The lowest BCUT2D eigenvalue weighted by molar-refractivity contribution is 0.0248. The molecule has 1 unspecified atom stereocenters. The van der Waals surface area contributed by atoms with E-state index in [0.29, 0.717) is 0 Å². The van der Waals surface area contributed by atoms with Gasteiger partial charge in [0, 0.05) is 0 Å². The quantitative estimate of drug-likeness (QED) is 0.298. The molecule has 4 heteroatoms. The lowest BCUT2D eigenvalue weighted by atomic mass is 10.0. The van der Waals surface area contributed by atoms with Crippen LogP contribution in [0.3, 0.4) is 0 Å². The van der Waals surface area contributed by atoms with E-state index in [-0.39, 0.29) is 17.2 Å². The average Bonchev–Trinajstić information content (AvgIpc) is 2.63. The molecule has 0 radical (unpaired) electrons. The van der Waals surface area contributed by atoms with Crippen LogP contribution in [-0.2, 0) is 4.74 Å². The molecule has 1 aromatic carbocycles. The van der Waals surface area contributed by atoms with Crippen LogP contribution in [0, 0.1) is 5.92 Å². The van der Waals surface area contributed by atoms with Crippen molar-refractivity contribution < 1.29 is 19.4 Å². The van der Waals surface area contributed by atoms with Crippen molar-refractivity contribution in [3.05, 3.63) is 35.4 Å². The van der Waals surface area contributed by atoms with Gasteiger partial charge in [0.05, 0.1) is 11.1 Å². The third kappa shape index (κ3) is 9.60. The number of carbonyl (C=O) groups excluding carboxylic acids is 1. The van der Waals surface area contributed by atoms with Gasteiger partial charge in [0.25, 0.3) is 0 Å². The van der Waals surface area contributed by atoms with Crippen LogP contribution in [0.25, 0.3) is 0 Å². The Kier molecular flexibility index (Phi) is 11.5. The van der Waals surface area contributed by atoms with Gasteiger partial charge >= 0.3 is 11.9 Å². The fraction of sp³-hybridized carbons (Fsp3) is 0.652. The zero-order valence-electron chi connectivity index (χ0n) is 17.2. The minimum absolute atomic E-state index is 0.000791. The van der Waals surface area contributed by atoms with E-state index in [1.807, 2.05) is 0 Å². The molecule has 1 aromatic rings. The van der Waals surface area contributed by atoms with E-state index < -0.39 is 11.9 Å². The number of carboxylic acid groups (broad SMARTS) is 1. The molecule has 1 N–H and O–H groups in total. The van der Waals surface area contributed by atoms with Gasteiger partial charge in [0.1, 0.15) is 6.10 Å². The predicted octanol–water partition coefficient (Wildman–Crippen LogP) is 6.49. The number of carboxylic acids is 1. The number of ether oxygens (including phenoxy) is 1. The third-order valence-corrected chi connectivity index (χ3v) is 4.82. The number of esters is 1. The van der Waals surface area contributed by atoms with Gasteiger partial charge in [-0.25, -0.2) is 9.59 Å². The molecular formula is C23H36O4. The molecule has 0 aliphatic rings. The fourth-order valence-electron chi connectivity index (χ4n) is 3.28. The molecular weight excluding hydrogens is 340 g/mol. The van der Waals surface area contributed by atoms with Gasteiger partial charge in [0.15, 0.2) is 0 Å². The SMILES string of the molecule is CCCC(CCCCCCCCC(C)C)OC(=O)c1ccccc1C(=O)O. The molecule has 1 atom stereocenters.